The monoisotopic (exact) mass is 306 g/mol. The summed E-state index contributed by atoms with van der Waals surface area (Å²) in [4.78, 5) is 23.2. The number of quaternary nitrogens is 1. The summed E-state index contributed by atoms with van der Waals surface area (Å²) in [6.45, 7) is 3.15. The van der Waals surface area contributed by atoms with Gasteiger partial charge in [-0.2, -0.15) is 0 Å². The lowest BCUT2D eigenvalue weighted by molar-refractivity contribution is -0.687. The number of benzene rings is 1. The maximum atomic E-state index is 12.0. The van der Waals surface area contributed by atoms with E-state index in [4.69, 9.17) is 4.74 Å². The molecule has 1 aliphatic rings. The topological polar surface area (TPSA) is 95.1 Å². The molecule has 1 saturated heterocycles. The van der Waals surface area contributed by atoms with Crippen LogP contribution in [-0.2, 0) is 14.3 Å². The van der Waals surface area contributed by atoms with Crippen molar-refractivity contribution >= 4 is 17.6 Å². The SMILES string of the molecule is Cc1ccccc1NC(=O)C[C@@H]([NH2+]C[C@@H]1CCCO1)C(=O)[O-]. The molecule has 6 heteroatoms. The van der Waals surface area contributed by atoms with E-state index in [9.17, 15) is 14.7 Å². The number of para-hydroxylation sites is 1. The van der Waals surface area contributed by atoms with Crippen LogP contribution in [-0.4, -0.2) is 37.2 Å². The molecule has 0 radical (unpaired) electrons. The Balaban J connectivity index is 1.85. The second-order valence-corrected chi connectivity index (χ2v) is 5.60. The van der Waals surface area contributed by atoms with Crippen LogP contribution < -0.4 is 15.7 Å². The van der Waals surface area contributed by atoms with Crippen LogP contribution in [0.15, 0.2) is 24.3 Å². The number of aliphatic carboxylic acids is 1. The molecule has 1 fully saturated rings. The smallest absolute Gasteiger partial charge is 0.230 e. The van der Waals surface area contributed by atoms with Crippen LogP contribution in [0.5, 0.6) is 0 Å². The fourth-order valence-corrected chi connectivity index (χ4v) is 2.52. The molecule has 1 aromatic rings. The molecule has 0 aliphatic carbocycles. The van der Waals surface area contributed by atoms with Crippen molar-refractivity contribution in [3.63, 3.8) is 0 Å². The molecule has 2 rings (SSSR count). The van der Waals surface area contributed by atoms with Gasteiger partial charge >= 0.3 is 0 Å². The minimum Gasteiger partial charge on any atom is -0.544 e. The Morgan fingerprint density at radius 1 is 1.45 bits per heavy atom. The predicted octanol–water partition coefficient (Wildman–Crippen LogP) is -0.815. The molecule has 0 bridgehead atoms. The largest absolute Gasteiger partial charge is 0.544 e. The normalized spacial score (nSPS) is 18.9. The van der Waals surface area contributed by atoms with Gasteiger partial charge in [-0.1, -0.05) is 18.2 Å². The van der Waals surface area contributed by atoms with Gasteiger partial charge in [0.05, 0.1) is 12.4 Å². The van der Waals surface area contributed by atoms with Gasteiger partial charge in [0.25, 0.3) is 0 Å². The number of nitrogens with one attached hydrogen (secondary N) is 1. The third-order valence-corrected chi connectivity index (χ3v) is 3.83. The highest BCUT2D eigenvalue weighted by Crippen LogP contribution is 2.13. The number of nitrogens with two attached hydrogens (primary N) is 1. The number of amides is 1. The number of aryl methyl sites for hydroxylation is 1. The number of hydrogen-bond acceptors (Lipinski definition) is 4. The van der Waals surface area contributed by atoms with Crippen LogP contribution in [0, 0.1) is 6.92 Å². The zero-order valence-electron chi connectivity index (χ0n) is 12.7. The van der Waals surface area contributed by atoms with Crippen molar-refractivity contribution in [2.24, 2.45) is 0 Å². The first-order valence-electron chi connectivity index (χ1n) is 7.57. The molecule has 0 spiro atoms. The maximum Gasteiger partial charge on any atom is 0.230 e. The average molecular weight is 306 g/mol. The van der Waals surface area contributed by atoms with Crippen molar-refractivity contribution < 1.29 is 24.7 Å². The van der Waals surface area contributed by atoms with Crippen molar-refractivity contribution in [1.29, 1.82) is 0 Å². The molecule has 1 heterocycles. The van der Waals surface area contributed by atoms with E-state index in [-0.39, 0.29) is 18.4 Å². The van der Waals surface area contributed by atoms with E-state index >= 15 is 0 Å². The van der Waals surface area contributed by atoms with Crippen molar-refractivity contribution in [3.8, 4) is 0 Å². The third-order valence-electron chi connectivity index (χ3n) is 3.83. The highest BCUT2D eigenvalue weighted by atomic mass is 16.5. The van der Waals surface area contributed by atoms with E-state index < -0.39 is 12.0 Å². The van der Waals surface area contributed by atoms with Gasteiger partial charge in [-0.15, -0.1) is 0 Å². The number of rotatable bonds is 7. The Bertz CT molecular complexity index is 527. The van der Waals surface area contributed by atoms with E-state index in [1.165, 1.54) is 0 Å². The molecule has 120 valence electrons. The lowest BCUT2D eigenvalue weighted by Crippen LogP contribution is -2.94. The van der Waals surface area contributed by atoms with E-state index in [2.05, 4.69) is 5.32 Å². The van der Waals surface area contributed by atoms with Crippen LogP contribution in [0.1, 0.15) is 24.8 Å². The van der Waals surface area contributed by atoms with Gasteiger partial charge in [0.15, 0.2) is 0 Å². The van der Waals surface area contributed by atoms with E-state index in [0.29, 0.717) is 12.2 Å². The zero-order chi connectivity index (χ0) is 15.9. The number of carbonyl (C=O) groups excluding carboxylic acids is 2. The van der Waals surface area contributed by atoms with Gasteiger partial charge in [0.2, 0.25) is 5.91 Å². The van der Waals surface area contributed by atoms with Gasteiger partial charge in [-0.3, -0.25) is 4.79 Å². The number of carbonyl (C=O) groups is 2. The minimum atomic E-state index is -1.22. The number of carboxylic acid groups (broad SMARTS) is 1. The van der Waals surface area contributed by atoms with Gasteiger partial charge in [0.1, 0.15) is 18.7 Å². The fourth-order valence-electron chi connectivity index (χ4n) is 2.52. The summed E-state index contributed by atoms with van der Waals surface area (Å²) < 4.78 is 5.45. The van der Waals surface area contributed by atoms with E-state index in [1.54, 1.807) is 11.4 Å². The van der Waals surface area contributed by atoms with Gasteiger partial charge < -0.3 is 25.3 Å². The summed E-state index contributed by atoms with van der Waals surface area (Å²) in [5.74, 6) is -1.55. The molecule has 22 heavy (non-hydrogen) atoms. The average Bonchev–Trinajstić information content (AvgIpc) is 2.99. The Kier molecular flexibility index (Phi) is 5.91. The van der Waals surface area contributed by atoms with E-state index in [1.807, 2.05) is 25.1 Å². The minimum absolute atomic E-state index is 0.0706. The molecular weight excluding hydrogens is 284 g/mol. The van der Waals surface area contributed by atoms with Crippen molar-refractivity contribution in [2.45, 2.75) is 38.3 Å². The molecule has 0 unspecified atom stereocenters. The second kappa shape index (κ2) is 7.91. The second-order valence-electron chi connectivity index (χ2n) is 5.60. The lowest BCUT2D eigenvalue weighted by Gasteiger charge is -2.18. The maximum absolute atomic E-state index is 12.0. The first-order valence-corrected chi connectivity index (χ1v) is 7.57. The molecule has 0 aromatic heterocycles. The Hall–Kier alpha value is -1.92. The summed E-state index contributed by atoms with van der Waals surface area (Å²) in [5.41, 5.74) is 1.63. The van der Waals surface area contributed by atoms with E-state index in [0.717, 1.165) is 25.0 Å². The highest BCUT2D eigenvalue weighted by Gasteiger charge is 2.23. The first kappa shape index (κ1) is 16.5. The van der Waals surface area contributed by atoms with Crippen LogP contribution in [0.2, 0.25) is 0 Å². The number of hydrogen-bond donors (Lipinski definition) is 2. The van der Waals surface area contributed by atoms with Crippen molar-refractivity contribution in [3.05, 3.63) is 29.8 Å². The quantitative estimate of drug-likeness (QED) is 0.688. The number of anilines is 1. The van der Waals surface area contributed by atoms with Gasteiger partial charge in [-0.25, -0.2) is 0 Å². The summed E-state index contributed by atoms with van der Waals surface area (Å²) in [6.07, 6.45) is 1.89. The summed E-state index contributed by atoms with van der Waals surface area (Å²) in [5, 5.41) is 15.6. The Labute approximate surface area is 129 Å². The van der Waals surface area contributed by atoms with Gasteiger partial charge in [-0.05, 0) is 31.4 Å². The number of carboxylic acids is 1. The first-order chi connectivity index (χ1) is 10.6. The van der Waals surface area contributed by atoms with Crippen molar-refractivity contribution in [2.75, 3.05) is 18.5 Å². The van der Waals surface area contributed by atoms with Crippen LogP contribution >= 0.6 is 0 Å². The molecule has 1 amide bonds. The molecule has 3 N–H and O–H groups in total. The van der Waals surface area contributed by atoms with Crippen LogP contribution in [0.4, 0.5) is 5.69 Å². The standard InChI is InChI=1S/C16H22N2O4/c1-11-5-2-3-7-13(11)18-15(19)9-14(16(20)21)17-10-12-6-4-8-22-12/h2-3,5,7,12,14,17H,4,6,8-10H2,1H3,(H,18,19)(H,20,21)/t12-,14+/m0/s1. The molecular formula is C16H22N2O4. The molecule has 1 aliphatic heterocycles. The summed E-state index contributed by atoms with van der Waals surface area (Å²) in [6, 6.07) is 6.48. The number of ether oxygens (including phenoxy) is 1. The Morgan fingerprint density at radius 3 is 2.86 bits per heavy atom. The predicted molar refractivity (Wildman–Crippen MR) is 79.0 cm³/mol. The fraction of sp³-hybridized carbons (Fsp3) is 0.500. The van der Waals surface area contributed by atoms with Crippen molar-refractivity contribution in [1.82, 2.24) is 0 Å². The lowest BCUT2D eigenvalue weighted by atomic mass is 10.1. The van der Waals surface area contributed by atoms with Crippen LogP contribution in [0.3, 0.4) is 0 Å². The van der Waals surface area contributed by atoms with Crippen LogP contribution in [0.25, 0.3) is 0 Å². The Morgan fingerprint density at radius 2 is 2.23 bits per heavy atom. The third kappa shape index (κ3) is 4.82. The zero-order valence-corrected chi connectivity index (χ0v) is 12.7. The molecule has 0 saturated carbocycles. The molecule has 6 nitrogen and oxygen atoms in total. The highest BCUT2D eigenvalue weighted by molar-refractivity contribution is 5.93. The van der Waals surface area contributed by atoms with Gasteiger partial charge in [0, 0.05) is 12.3 Å². The summed E-state index contributed by atoms with van der Waals surface area (Å²) in [7, 11) is 0. The molecule has 1 aromatic carbocycles. The summed E-state index contributed by atoms with van der Waals surface area (Å²) >= 11 is 0. The molecule has 2 atom stereocenters.